The highest BCUT2D eigenvalue weighted by atomic mass is 31.2. The predicted octanol–water partition coefficient (Wildman–Crippen LogP) is 6.50. The molecule has 0 aliphatic rings. The largest absolute Gasteiger partial charge is 0.756 e. The van der Waals surface area contributed by atoms with Gasteiger partial charge in [-0.3, -0.25) is 4.57 Å². The van der Waals surface area contributed by atoms with Crippen molar-refractivity contribution >= 4 is 13.8 Å². The highest BCUT2D eigenvalue weighted by Gasteiger charge is 2.29. The molecule has 2 N–H and O–H groups in total. The number of hydrogen-bond acceptors (Lipinski definition) is 4. The minimum absolute atomic E-state index is 0.0158. The summed E-state index contributed by atoms with van der Waals surface area (Å²) in [5.41, 5.74) is 0. The summed E-state index contributed by atoms with van der Waals surface area (Å²) < 4.78 is 14.9. The van der Waals surface area contributed by atoms with Gasteiger partial charge in [0, 0.05) is 0 Å². The minimum Gasteiger partial charge on any atom is -0.756 e. The lowest BCUT2D eigenvalue weighted by atomic mass is 10.1. The minimum atomic E-state index is -4.89. The van der Waals surface area contributed by atoms with Gasteiger partial charge in [0.15, 0.2) is 6.54 Å². The molecule has 0 amide bonds. The van der Waals surface area contributed by atoms with Gasteiger partial charge >= 0.3 is 5.97 Å². The summed E-state index contributed by atoms with van der Waals surface area (Å²) in [6, 6.07) is 0. The molecule has 0 aromatic carbocycles. The standard InChI is InChI=1S/C27H56NO2.H3O4P/c1-5-8-11-14-17-20-23-28(26-27(29)30-4,24-21-18-15-12-9-6-2)25-22-19-16-13-10-7-3;1-5(2,3)4/h5-26H2,1-4H3;(H3,1,2,3,4)/q+1;/p-1. The topological polar surface area (TPSA) is 107 Å². The molecular formula is C27H58NO6P. The summed E-state index contributed by atoms with van der Waals surface area (Å²) >= 11 is 0. The number of rotatable bonds is 23. The van der Waals surface area contributed by atoms with Gasteiger partial charge in [-0.05, 0) is 38.5 Å². The van der Waals surface area contributed by atoms with E-state index in [0.717, 1.165) is 24.1 Å². The quantitative estimate of drug-likeness (QED) is 0.0685. The molecule has 35 heavy (non-hydrogen) atoms. The second-order valence-electron chi connectivity index (χ2n) is 10.0. The SMILES string of the molecule is CCCCCCCC[N+](CCCCCCCC)(CCCCCCCC)CC(=O)OC.O=P([O-])(O)O. The lowest BCUT2D eigenvalue weighted by Crippen LogP contribution is -2.53. The van der Waals surface area contributed by atoms with Crippen LogP contribution in [0.2, 0.25) is 0 Å². The Hall–Kier alpha value is -0.460. The Bertz CT molecular complexity index is 463. The molecule has 0 aromatic heterocycles. The number of ether oxygens (including phenoxy) is 1. The van der Waals surface area contributed by atoms with Gasteiger partial charge in [0.2, 0.25) is 0 Å². The Balaban J connectivity index is 0. The van der Waals surface area contributed by atoms with Crippen molar-refractivity contribution in [2.45, 2.75) is 136 Å². The molecule has 0 spiro atoms. The Morgan fingerprint density at radius 3 is 1.17 bits per heavy atom. The maximum atomic E-state index is 12.3. The number of esters is 1. The van der Waals surface area contributed by atoms with Crippen molar-refractivity contribution in [1.29, 1.82) is 0 Å². The first kappa shape index (κ1) is 36.7. The highest BCUT2D eigenvalue weighted by Crippen LogP contribution is 2.19. The van der Waals surface area contributed by atoms with Crippen molar-refractivity contribution in [2.75, 3.05) is 33.3 Å². The van der Waals surface area contributed by atoms with Gasteiger partial charge in [-0.25, -0.2) is 4.79 Å². The van der Waals surface area contributed by atoms with Crippen LogP contribution in [0.1, 0.15) is 136 Å². The van der Waals surface area contributed by atoms with Gasteiger partial charge in [-0.2, -0.15) is 0 Å². The van der Waals surface area contributed by atoms with Gasteiger partial charge in [0.1, 0.15) is 0 Å². The molecule has 0 saturated heterocycles. The van der Waals surface area contributed by atoms with Crippen LogP contribution in [-0.4, -0.2) is 53.5 Å². The van der Waals surface area contributed by atoms with Crippen molar-refractivity contribution in [3.05, 3.63) is 0 Å². The van der Waals surface area contributed by atoms with Crippen molar-refractivity contribution < 1.29 is 33.3 Å². The fraction of sp³-hybridized carbons (Fsp3) is 0.963. The molecule has 0 heterocycles. The number of hydrogen-bond donors (Lipinski definition) is 2. The zero-order chi connectivity index (χ0) is 26.8. The molecular weight excluding hydrogens is 465 g/mol. The molecule has 0 aliphatic heterocycles. The van der Waals surface area contributed by atoms with Crippen molar-refractivity contribution in [1.82, 2.24) is 0 Å². The second kappa shape index (κ2) is 25.2. The number of quaternary nitrogens is 1. The fourth-order valence-electron chi connectivity index (χ4n) is 4.59. The molecule has 0 saturated carbocycles. The molecule has 0 atom stereocenters. The third-order valence-corrected chi connectivity index (χ3v) is 6.65. The lowest BCUT2D eigenvalue weighted by Gasteiger charge is -2.38. The summed E-state index contributed by atoms with van der Waals surface area (Å²) in [5, 5.41) is 0. The molecule has 0 bridgehead atoms. The van der Waals surface area contributed by atoms with E-state index in [1.807, 2.05) is 0 Å². The maximum Gasteiger partial charge on any atom is 0.361 e. The van der Waals surface area contributed by atoms with Crippen LogP contribution >= 0.6 is 7.82 Å². The monoisotopic (exact) mass is 523 g/mol. The number of nitrogens with zero attached hydrogens (tertiary/aromatic N) is 1. The Labute approximate surface area is 216 Å². The highest BCUT2D eigenvalue weighted by molar-refractivity contribution is 7.43. The molecule has 0 rings (SSSR count). The van der Waals surface area contributed by atoms with Crippen LogP contribution in [0.25, 0.3) is 0 Å². The Morgan fingerprint density at radius 1 is 0.657 bits per heavy atom. The first-order valence-electron chi connectivity index (χ1n) is 14.3. The molecule has 0 aliphatic carbocycles. The number of methoxy groups -OCH3 is 1. The maximum absolute atomic E-state index is 12.3. The van der Waals surface area contributed by atoms with E-state index in [4.69, 9.17) is 24.0 Å². The average Bonchev–Trinajstić information content (AvgIpc) is 2.79. The van der Waals surface area contributed by atoms with E-state index in [1.54, 1.807) is 7.11 Å². The zero-order valence-electron chi connectivity index (χ0n) is 23.5. The summed E-state index contributed by atoms with van der Waals surface area (Å²) in [6.45, 7) is 10.9. The fourth-order valence-corrected chi connectivity index (χ4v) is 4.59. The van der Waals surface area contributed by atoms with E-state index >= 15 is 0 Å². The Kier molecular flexibility index (Phi) is 26.4. The van der Waals surface area contributed by atoms with E-state index in [9.17, 15) is 4.79 Å². The zero-order valence-corrected chi connectivity index (χ0v) is 24.4. The second-order valence-corrected chi connectivity index (χ2v) is 11.0. The predicted molar refractivity (Wildman–Crippen MR) is 144 cm³/mol. The average molecular weight is 524 g/mol. The molecule has 7 nitrogen and oxygen atoms in total. The van der Waals surface area contributed by atoms with Gasteiger partial charge in [-0.15, -0.1) is 0 Å². The molecule has 212 valence electrons. The van der Waals surface area contributed by atoms with Gasteiger partial charge in [0.05, 0.1) is 26.7 Å². The van der Waals surface area contributed by atoms with Crippen LogP contribution in [0.3, 0.4) is 0 Å². The van der Waals surface area contributed by atoms with E-state index in [1.165, 1.54) is 116 Å². The Morgan fingerprint density at radius 2 is 0.914 bits per heavy atom. The van der Waals surface area contributed by atoms with Crippen molar-refractivity contribution in [2.24, 2.45) is 0 Å². The molecule has 8 heteroatoms. The van der Waals surface area contributed by atoms with Crippen LogP contribution in [0, 0.1) is 0 Å². The normalized spacial score (nSPS) is 11.7. The summed E-state index contributed by atoms with van der Waals surface area (Å²) in [7, 11) is -3.34. The lowest BCUT2D eigenvalue weighted by molar-refractivity contribution is -0.922. The van der Waals surface area contributed by atoms with Crippen LogP contribution in [0.15, 0.2) is 0 Å². The third kappa shape index (κ3) is 29.7. The first-order chi connectivity index (χ1) is 16.6. The molecule has 0 radical (unpaired) electrons. The summed E-state index contributed by atoms with van der Waals surface area (Å²) in [4.78, 5) is 35.2. The smallest absolute Gasteiger partial charge is 0.361 e. The van der Waals surface area contributed by atoms with Crippen LogP contribution in [0.5, 0.6) is 0 Å². The van der Waals surface area contributed by atoms with Crippen molar-refractivity contribution in [3.63, 3.8) is 0 Å². The van der Waals surface area contributed by atoms with E-state index in [0.29, 0.717) is 6.54 Å². The van der Waals surface area contributed by atoms with Gasteiger partial charge in [0.25, 0.3) is 7.82 Å². The number of unbranched alkanes of at least 4 members (excludes halogenated alkanes) is 15. The van der Waals surface area contributed by atoms with Crippen molar-refractivity contribution in [3.8, 4) is 0 Å². The molecule has 0 aromatic rings. The number of carbonyl (C=O) groups excluding carboxylic acids is 1. The van der Waals surface area contributed by atoms with E-state index in [-0.39, 0.29) is 5.97 Å². The van der Waals surface area contributed by atoms with Crippen LogP contribution < -0.4 is 4.89 Å². The van der Waals surface area contributed by atoms with Gasteiger partial charge < -0.3 is 23.9 Å². The number of carbonyl (C=O) groups is 1. The number of phosphoric acid groups is 1. The van der Waals surface area contributed by atoms with E-state index in [2.05, 4.69) is 20.8 Å². The van der Waals surface area contributed by atoms with Crippen LogP contribution in [-0.2, 0) is 14.1 Å². The summed E-state index contributed by atoms with van der Waals surface area (Å²) in [6.07, 6.45) is 23.8. The molecule has 0 unspecified atom stereocenters. The summed E-state index contributed by atoms with van der Waals surface area (Å²) in [5.74, 6) is -0.0158. The molecule has 0 fully saturated rings. The first-order valence-corrected chi connectivity index (χ1v) is 15.9. The van der Waals surface area contributed by atoms with Gasteiger partial charge in [-0.1, -0.05) is 97.8 Å². The van der Waals surface area contributed by atoms with Crippen LogP contribution in [0.4, 0.5) is 0 Å². The van der Waals surface area contributed by atoms with E-state index < -0.39 is 7.82 Å². The third-order valence-electron chi connectivity index (χ3n) is 6.65.